The summed E-state index contributed by atoms with van der Waals surface area (Å²) >= 11 is 1.76. The van der Waals surface area contributed by atoms with Gasteiger partial charge in [0.2, 0.25) is 0 Å². The first-order valence-corrected chi connectivity index (χ1v) is 9.86. The van der Waals surface area contributed by atoms with Gasteiger partial charge in [0.25, 0.3) is 5.91 Å². The molecule has 7 heteroatoms. The number of para-hydroxylation sites is 1. The van der Waals surface area contributed by atoms with Crippen LogP contribution in [-0.4, -0.2) is 44.5 Å². The third kappa shape index (κ3) is 4.42. The van der Waals surface area contributed by atoms with E-state index in [0.717, 1.165) is 17.0 Å². The predicted molar refractivity (Wildman–Crippen MR) is 109 cm³/mol. The standard InChI is InChI=1S/C21H23NO5S/c1-14-10-11-22(16-6-4-5-7-19(16)28-14)20(23)13-27-21(24)15-8-9-17(25-2)18(12-15)26-3/h4-9,12,14H,10-11,13H2,1-3H3/t14-/m1/s1. The molecule has 0 aliphatic carbocycles. The lowest BCUT2D eigenvalue weighted by Crippen LogP contribution is -2.35. The van der Waals surface area contributed by atoms with Crippen LogP contribution >= 0.6 is 11.8 Å². The summed E-state index contributed by atoms with van der Waals surface area (Å²) in [6.45, 7) is 2.42. The quantitative estimate of drug-likeness (QED) is 0.711. The van der Waals surface area contributed by atoms with Crippen LogP contribution in [0.2, 0.25) is 0 Å². The number of carbonyl (C=O) groups excluding carboxylic acids is 2. The molecular weight excluding hydrogens is 378 g/mol. The molecule has 0 bridgehead atoms. The van der Waals surface area contributed by atoms with Crippen molar-refractivity contribution in [3.63, 3.8) is 0 Å². The van der Waals surface area contributed by atoms with Gasteiger partial charge in [0.1, 0.15) is 0 Å². The fourth-order valence-electron chi connectivity index (χ4n) is 3.00. The first-order valence-electron chi connectivity index (χ1n) is 8.98. The van der Waals surface area contributed by atoms with Crippen molar-refractivity contribution in [1.82, 2.24) is 0 Å². The Morgan fingerprint density at radius 3 is 2.61 bits per heavy atom. The first kappa shape index (κ1) is 20.1. The fraction of sp³-hybridized carbons (Fsp3) is 0.333. The van der Waals surface area contributed by atoms with Crippen LogP contribution in [-0.2, 0) is 9.53 Å². The molecule has 0 saturated carbocycles. The second-order valence-corrected chi connectivity index (χ2v) is 7.86. The van der Waals surface area contributed by atoms with Crippen molar-refractivity contribution in [1.29, 1.82) is 0 Å². The van der Waals surface area contributed by atoms with E-state index in [1.165, 1.54) is 20.3 Å². The van der Waals surface area contributed by atoms with E-state index in [1.54, 1.807) is 28.8 Å². The van der Waals surface area contributed by atoms with Gasteiger partial charge in [-0.15, -0.1) is 11.8 Å². The number of hydrogen-bond donors (Lipinski definition) is 0. The molecule has 1 atom stereocenters. The van der Waals surface area contributed by atoms with Crippen LogP contribution in [0.5, 0.6) is 11.5 Å². The smallest absolute Gasteiger partial charge is 0.338 e. The zero-order valence-corrected chi connectivity index (χ0v) is 17.0. The van der Waals surface area contributed by atoms with Crippen molar-refractivity contribution in [2.45, 2.75) is 23.5 Å². The average Bonchev–Trinajstić information content (AvgIpc) is 2.89. The maximum atomic E-state index is 12.8. The molecule has 0 radical (unpaired) electrons. The fourth-order valence-corrected chi connectivity index (χ4v) is 4.11. The van der Waals surface area contributed by atoms with E-state index >= 15 is 0 Å². The Morgan fingerprint density at radius 1 is 1.11 bits per heavy atom. The molecular formula is C21H23NO5S. The van der Waals surface area contributed by atoms with Crippen LogP contribution in [0.15, 0.2) is 47.4 Å². The van der Waals surface area contributed by atoms with Crippen LogP contribution < -0.4 is 14.4 Å². The second-order valence-electron chi connectivity index (χ2n) is 6.38. The summed E-state index contributed by atoms with van der Waals surface area (Å²) in [5.41, 5.74) is 1.16. The molecule has 6 nitrogen and oxygen atoms in total. The summed E-state index contributed by atoms with van der Waals surface area (Å²) < 4.78 is 15.6. The largest absolute Gasteiger partial charge is 0.493 e. The first-order chi connectivity index (χ1) is 13.5. The van der Waals surface area contributed by atoms with Gasteiger partial charge in [0.15, 0.2) is 18.1 Å². The molecule has 0 N–H and O–H groups in total. The van der Waals surface area contributed by atoms with Crippen molar-refractivity contribution in [3.8, 4) is 11.5 Å². The van der Waals surface area contributed by atoms with Gasteiger partial charge in [0, 0.05) is 16.7 Å². The Kier molecular flexibility index (Phi) is 6.46. The van der Waals surface area contributed by atoms with E-state index in [1.807, 2.05) is 24.3 Å². The molecule has 0 unspecified atom stereocenters. The van der Waals surface area contributed by atoms with E-state index in [4.69, 9.17) is 14.2 Å². The third-order valence-electron chi connectivity index (χ3n) is 4.49. The van der Waals surface area contributed by atoms with E-state index in [9.17, 15) is 9.59 Å². The maximum Gasteiger partial charge on any atom is 0.338 e. The Balaban J connectivity index is 1.69. The van der Waals surface area contributed by atoms with Crippen molar-refractivity contribution >= 4 is 29.3 Å². The number of amides is 1. The molecule has 0 fully saturated rings. The molecule has 1 amide bonds. The van der Waals surface area contributed by atoms with Gasteiger partial charge in [-0.05, 0) is 36.8 Å². The van der Waals surface area contributed by atoms with Crippen molar-refractivity contribution in [2.75, 3.05) is 32.3 Å². The van der Waals surface area contributed by atoms with Gasteiger partial charge in [-0.2, -0.15) is 0 Å². The lowest BCUT2D eigenvalue weighted by atomic mass is 10.2. The van der Waals surface area contributed by atoms with Gasteiger partial charge in [-0.3, -0.25) is 4.79 Å². The number of methoxy groups -OCH3 is 2. The predicted octanol–water partition coefficient (Wildman–Crippen LogP) is 3.78. The number of rotatable bonds is 5. The van der Waals surface area contributed by atoms with E-state index in [2.05, 4.69) is 6.92 Å². The minimum atomic E-state index is -0.583. The molecule has 3 rings (SSSR count). The number of ether oxygens (including phenoxy) is 3. The van der Waals surface area contributed by atoms with Crippen molar-refractivity contribution in [2.24, 2.45) is 0 Å². The van der Waals surface area contributed by atoms with Crippen molar-refractivity contribution in [3.05, 3.63) is 48.0 Å². The molecule has 2 aromatic carbocycles. The number of benzene rings is 2. The zero-order valence-electron chi connectivity index (χ0n) is 16.1. The van der Waals surface area contributed by atoms with E-state index < -0.39 is 5.97 Å². The van der Waals surface area contributed by atoms with Crippen LogP contribution in [0.25, 0.3) is 0 Å². The summed E-state index contributed by atoms with van der Waals surface area (Å²) in [6, 6.07) is 12.5. The van der Waals surface area contributed by atoms with Crippen LogP contribution in [0.1, 0.15) is 23.7 Å². The minimum absolute atomic E-state index is 0.240. The molecule has 28 heavy (non-hydrogen) atoms. The monoisotopic (exact) mass is 401 g/mol. The molecule has 0 aromatic heterocycles. The Bertz CT molecular complexity index is 870. The van der Waals surface area contributed by atoms with Gasteiger partial charge >= 0.3 is 5.97 Å². The van der Waals surface area contributed by atoms with Crippen LogP contribution in [0, 0.1) is 0 Å². The van der Waals surface area contributed by atoms with Gasteiger partial charge in [-0.1, -0.05) is 19.1 Å². The summed E-state index contributed by atoms with van der Waals surface area (Å²) in [7, 11) is 3.01. The maximum absolute atomic E-state index is 12.8. The summed E-state index contributed by atoms with van der Waals surface area (Å²) in [5, 5.41) is 0.410. The second kappa shape index (κ2) is 9.01. The van der Waals surface area contributed by atoms with Gasteiger partial charge in [-0.25, -0.2) is 4.79 Å². The number of nitrogens with zero attached hydrogens (tertiary/aromatic N) is 1. The highest BCUT2D eigenvalue weighted by atomic mass is 32.2. The molecule has 1 aliphatic rings. The summed E-state index contributed by atoms with van der Waals surface area (Å²) in [5.74, 6) is 0.120. The summed E-state index contributed by atoms with van der Waals surface area (Å²) in [6.07, 6.45) is 0.870. The molecule has 1 aliphatic heterocycles. The van der Waals surface area contributed by atoms with E-state index in [0.29, 0.717) is 28.9 Å². The highest BCUT2D eigenvalue weighted by Crippen LogP contribution is 2.37. The van der Waals surface area contributed by atoms with Crippen LogP contribution in [0.4, 0.5) is 5.69 Å². The average molecular weight is 401 g/mol. The van der Waals surface area contributed by atoms with Gasteiger partial charge < -0.3 is 19.1 Å². The topological polar surface area (TPSA) is 65.1 Å². The number of carbonyl (C=O) groups is 2. The molecule has 0 saturated heterocycles. The normalized spacial score (nSPS) is 16.0. The highest BCUT2D eigenvalue weighted by molar-refractivity contribution is 8.00. The van der Waals surface area contributed by atoms with Gasteiger partial charge in [0.05, 0.1) is 25.5 Å². The Hall–Kier alpha value is -2.67. The minimum Gasteiger partial charge on any atom is -0.493 e. The lowest BCUT2D eigenvalue weighted by molar-refractivity contribution is -0.121. The number of esters is 1. The third-order valence-corrected chi connectivity index (χ3v) is 5.73. The summed E-state index contributed by atoms with van der Waals surface area (Å²) in [4.78, 5) is 27.9. The van der Waals surface area contributed by atoms with Crippen LogP contribution in [0.3, 0.4) is 0 Å². The number of fused-ring (bicyclic) bond motifs is 1. The van der Waals surface area contributed by atoms with Crippen molar-refractivity contribution < 1.29 is 23.8 Å². The molecule has 2 aromatic rings. The lowest BCUT2D eigenvalue weighted by Gasteiger charge is -2.22. The highest BCUT2D eigenvalue weighted by Gasteiger charge is 2.25. The molecule has 148 valence electrons. The zero-order chi connectivity index (χ0) is 20.1. The van der Waals surface area contributed by atoms with E-state index in [-0.39, 0.29) is 12.5 Å². The Labute approximate surface area is 168 Å². The SMILES string of the molecule is COc1ccc(C(=O)OCC(=O)N2CC[C@@H](C)Sc3ccccc32)cc1OC. The molecule has 0 spiro atoms. The molecule has 1 heterocycles. The number of hydrogen-bond acceptors (Lipinski definition) is 6. The number of anilines is 1. The Morgan fingerprint density at radius 2 is 1.86 bits per heavy atom. The number of thioether (sulfide) groups is 1.